The van der Waals surface area contributed by atoms with Gasteiger partial charge >= 0.3 is 12.2 Å². The Morgan fingerprint density at radius 2 is 0.900 bits per heavy atom. The summed E-state index contributed by atoms with van der Waals surface area (Å²) < 4.78 is 10.5. The monoisotopic (exact) mass is 554 g/mol. The number of ether oxygens (including phenoxy) is 2. The van der Waals surface area contributed by atoms with Crippen LogP contribution in [0.1, 0.15) is 71.9 Å². The number of rotatable bonds is 19. The molecule has 4 N–H and O–H groups in total. The zero-order valence-corrected chi connectivity index (χ0v) is 25.0. The lowest BCUT2D eigenvalue weighted by atomic mass is 10.1. The molecule has 40 heavy (non-hydrogen) atoms. The van der Waals surface area contributed by atoms with Gasteiger partial charge in [0.2, 0.25) is 0 Å². The first-order valence-corrected chi connectivity index (χ1v) is 14.7. The largest absolute Gasteiger partial charge is 0.450 e. The summed E-state index contributed by atoms with van der Waals surface area (Å²) in [6.45, 7) is 13.6. The molecule has 0 aliphatic heterocycles. The fraction of sp³-hybridized carbons (Fsp3) is 0.562. The average molecular weight is 555 g/mol. The van der Waals surface area contributed by atoms with Gasteiger partial charge in [-0.1, -0.05) is 71.5 Å². The highest BCUT2D eigenvalue weighted by Crippen LogP contribution is 2.09. The number of hydrogen-bond donors (Lipinski definition) is 4. The molecule has 0 aliphatic rings. The quantitative estimate of drug-likeness (QED) is 0.169. The van der Waals surface area contributed by atoms with Crippen LogP contribution in [0.3, 0.4) is 0 Å². The van der Waals surface area contributed by atoms with E-state index in [2.05, 4.69) is 85.4 Å². The Morgan fingerprint density at radius 1 is 0.525 bits per heavy atom. The number of hydrogen-bond acceptors (Lipinski definition) is 6. The summed E-state index contributed by atoms with van der Waals surface area (Å²) in [5.41, 5.74) is 7.63. The van der Waals surface area contributed by atoms with Gasteiger partial charge < -0.3 is 30.7 Å². The molecule has 2 aromatic carbocycles. The highest BCUT2D eigenvalue weighted by molar-refractivity contribution is 5.67. The molecule has 0 bridgehead atoms. The van der Waals surface area contributed by atoms with E-state index >= 15 is 0 Å². The van der Waals surface area contributed by atoms with Crippen LogP contribution in [0.5, 0.6) is 0 Å². The van der Waals surface area contributed by atoms with Crippen molar-refractivity contribution in [2.75, 3.05) is 39.4 Å². The summed E-state index contributed by atoms with van der Waals surface area (Å²) in [6.07, 6.45) is 4.55. The Kier molecular flexibility index (Phi) is 16.5. The van der Waals surface area contributed by atoms with Gasteiger partial charge in [-0.05, 0) is 77.6 Å². The molecule has 0 heterocycles. The fourth-order valence-electron chi connectivity index (χ4n) is 4.62. The van der Waals surface area contributed by atoms with Crippen LogP contribution < -0.4 is 21.3 Å². The number of aryl methyl sites for hydroxylation is 4. The van der Waals surface area contributed by atoms with Gasteiger partial charge in [-0.2, -0.15) is 0 Å². The van der Waals surface area contributed by atoms with Crippen LogP contribution in [-0.2, 0) is 22.6 Å². The molecule has 0 unspecified atom stereocenters. The van der Waals surface area contributed by atoms with Crippen LogP contribution in [0.15, 0.2) is 36.4 Å². The summed E-state index contributed by atoms with van der Waals surface area (Å²) in [7, 11) is 0. The SMILES string of the molecule is Cc1cc(C)cc(CNCCCOC(=O)NCCCCCCNC(=O)OCCCNCc2cc(C)cc(C)c2)c1. The van der Waals surface area contributed by atoms with E-state index in [1.165, 1.54) is 33.4 Å². The van der Waals surface area contributed by atoms with E-state index in [1.54, 1.807) is 0 Å². The molecule has 2 rings (SSSR count). The van der Waals surface area contributed by atoms with Gasteiger partial charge in [0.05, 0.1) is 13.2 Å². The molecule has 0 saturated heterocycles. The zero-order valence-electron chi connectivity index (χ0n) is 25.0. The average Bonchev–Trinajstić information content (AvgIpc) is 2.88. The maximum Gasteiger partial charge on any atom is 0.407 e. The Morgan fingerprint density at radius 3 is 1.27 bits per heavy atom. The first-order valence-electron chi connectivity index (χ1n) is 14.7. The molecule has 0 radical (unpaired) electrons. The van der Waals surface area contributed by atoms with Crippen molar-refractivity contribution in [3.8, 4) is 0 Å². The Hall–Kier alpha value is -3.10. The van der Waals surface area contributed by atoms with Crippen molar-refractivity contribution in [2.45, 2.75) is 79.3 Å². The van der Waals surface area contributed by atoms with E-state index in [0.717, 1.165) is 64.7 Å². The standard InChI is InChI=1S/C32H50N4O4/c1-25-17-26(2)20-29(19-25)23-33-11-9-15-39-31(37)35-13-7-5-6-8-14-36-32(38)40-16-10-12-34-24-30-21-27(3)18-28(4)22-30/h17-22,33-34H,5-16,23-24H2,1-4H3,(H,35,37)(H,36,38). The molecule has 2 amide bonds. The van der Waals surface area contributed by atoms with E-state index < -0.39 is 0 Å². The maximum absolute atomic E-state index is 11.8. The summed E-state index contributed by atoms with van der Waals surface area (Å²) >= 11 is 0. The van der Waals surface area contributed by atoms with E-state index in [0.29, 0.717) is 26.3 Å². The topological polar surface area (TPSA) is 101 Å². The first-order chi connectivity index (χ1) is 19.3. The van der Waals surface area contributed by atoms with Gasteiger partial charge in [0.25, 0.3) is 0 Å². The summed E-state index contributed by atoms with van der Waals surface area (Å²) in [4.78, 5) is 23.6. The number of benzene rings is 2. The Balaban J connectivity index is 1.32. The number of amides is 2. The van der Waals surface area contributed by atoms with Gasteiger partial charge in [-0.25, -0.2) is 9.59 Å². The summed E-state index contributed by atoms with van der Waals surface area (Å²) in [6, 6.07) is 13.1. The predicted molar refractivity (Wildman–Crippen MR) is 162 cm³/mol. The highest BCUT2D eigenvalue weighted by atomic mass is 16.6. The molecule has 0 aliphatic carbocycles. The van der Waals surface area contributed by atoms with Crippen molar-refractivity contribution >= 4 is 12.2 Å². The molecule has 0 spiro atoms. The third kappa shape index (κ3) is 16.1. The Labute approximate surface area is 241 Å². The molecule has 8 heteroatoms. The molecular formula is C32H50N4O4. The number of carbonyl (C=O) groups is 2. The lowest BCUT2D eigenvalue weighted by Gasteiger charge is -2.09. The zero-order chi connectivity index (χ0) is 29.0. The number of nitrogens with one attached hydrogen (secondary N) is 4. The normalized spacial score (nSPS) is 10.8. The van der Waals surface area contributed by atoms with Crippen molar-refractivity contribution in [1.29, 1.82) is 0 Å². The summed E-state index contributed by atoms with van der Waals surface area (Å²) in [5, 5.41) is 12.4. The van der Waals surface area contributed by atoms with Gasteiger partial charge in [0, 0.05) is 26.2 Å². The van der Waals surface area contributed by atoms with E-state index in [-0.39, 0.29) is 12.2 Å². The van der Waals surface area contributed by atoms with Crippen molar-refractivity contribution < 1.29 is 19.1 Å². The minimum absolute atomic E-state index is 0.362. The van der Waals surface area contributed by atoms with Crippen LogP contribution in [0, 0.1) is 27.7 Å². The second kappa shape index (κ2) is 19.9. The van der Waals surface area contributed by atoms with Crippen LogP contribution in [-0.4, -0.2) is 51.6 Å². The van der Waals surface area contributed by atoms with Gasteiger partial charge in [0.1, 0.15) is 0 Å². The van der Waals surface area contributed by atoms with Gasteiger partial charge in [0.15, 0.2) is 0 Å². The lowest BCUT2D eigenvalue weighted by Crippen LogP contribution is -2.27. The Bertz CT molecular complexity index is 906. The third-order valence-electron chi connectivity index (χ3n) is 6.33. The first kappa shape index (κ1) is 33.1. The van der Waals surface area contributed by atoms with Crippen LogP contribution in [0.2, 0.25) is 0 Å². The smallest absolute Gasteiger partial charge is 0.407 e. The second-order valence-corrected chi connectivity index (χ2v) is 10.6. The summed E-state index contributed by atoms with van der Waals surface area (Å²) in [5.74, 6) is 0. The van der Waals surface area contributed by atoms with Crippen LogP contribution in [0.25, 0.3) is 0 Å². The molecule has 8 nitrogen and oxygen atoms in total. The lowest BCUT2D eigenvalue weighted by molar-refractivity contribution is 0.143. The fourth-order valence-corrected chi connectivity index (χ4v) is 4.62. The second-order valence-electron chi connectivity index (χ2n) is 10.6. The van der Waals surface area contributed by atoms with E-state index in [9.17, 15) is 9.59 Å². The van der Waals surface area contributed by atoms with E-state index in [1.807, 2.05) is 0 Å². The van der Waals surface area contributed by atoms with Crippen molar-refractivity contribution in [3.63, 3.8) is 0 Å². The minimum Gasteiger partial charge on any atom is -0.450 e. The van der Waals surface area contributed by atoms with Gasteiger partial charge in [-0.15, -0.1) is 0 Å². The van der Waals surface area contributed by atoms with Crippen molar-refractivity contribution in [2.24, 2.45) is 0 Å². The number of unbranched alkanes of at least 4 members (excludes halogenated alkanes) is 3. The van der Waals surface area contributed by atoms with Gasteiger partial charge in [-0.3, -0.25) is 0 Å². The predicted octanol–water partition coefficient (Wildman–Crippen LogP) is 5.59. The minimum atomic E-state index is -0.362. The third-order valence-corrected chi connectivity index (χ3v) is 6.33. The molecule has 2 aromatic rings. The highest BCUT2D eigenvalue weighted by Gasteiger charge is 2.03. The molecular weight excluding hydrogens is 504 g/mol. The van der Waals surface area contributed by atoms with Crippen molar-refractivity contribution in [1.82, 2.24) is 21.3 Å². The van der Waals surface area contributed by atoms with Crippen LogP contribution >= 0.6 is 0 Å². The van der Waals surface area contributed by atoms with E-state index in [4.69, 9.17) is 9.47 Å². The molecule has 222 valence electrons. The van der Waals surface area contributed by atoms with Crippen molar-refractivity contribution in [3.05, 3.63) is 69.8 Å². The molecule has 0 fully saturated rings. The molecule has 0 saturated carbocycles. The van der Waals surface area contributed by atoms with Crippen LogP contribution in [0.4, 0.5) is 9.59 Å². The molecule has 0 aromatic heterocycles. The maximum atomic E-state index is 11.8. The number of carbonyl (C=O) groups excluding carboxylic acids is 2. The molecule has 0 atom stereocenters. The number of alkyl carbamates (subject to hydrolysis) is 2.